The summed E-state index contributed by atoms with van der Waals surface area (Å²) in [6.07, 6.45) is 9.99. The smallest absolute Gasteiger partial charge is 0.0142 e. The van der Waals surface area contributed by atoms with Gasteiger partial charge >= 0.3 is 0 Å². The standard InChI is InChI=1S/C12H20.C2H6/c1-12(2)9-5-7-10-6-3-4-8-11(10)12;1-2/h3-9H2,1-2H3;1-2H3. The molecule has 0 spiro atoms. The molecule has 0 amide bonds. The molecule has 0 aromatic rings. The molecule has 0 unspecified atom stereocenters. The van der Waals surface area contributed by atoms with Gasteiger partial charge in [-0.3, -0.25) is 0 Å². The van der Waals surface area contributed by atoms with Crippen LogP contribution in [0.4, 0.5) is 0 Å². The predicted octanol–water partition coefficient (Wildman–Crippen LogP) is 5.09. The lowest BCUT2D eigenvalue weighted by Gasteiger charge is -2.38. The third-order valence-electron chi connectivity index (χ3n) is 3.68. The number of hydrogen-bond acceptors (Lipinski definition) is 0. The third kappa shape index (κ3) is 2.40. The van der Waals surface area contributed by atoms with Crippen LogP contribution >= 0.6 is 0 Å². The molecule has 0 aliphatic heterocycles. The van der Waals surface area contributed by atoms with Crippen LogP contribution in [0.5, 0.6) is 0 Å². The summed E-state index contributed by atoms with van der Waals surface area (Å²) >= 11 is 0. The average molecular weight is 194 g/mol. The Hall–Kier alpha value is -0.260. The summed E-state index contributed by atoms with van der Waals surface area (Å²) in [5.41, 5.74) is 4.21. The van der Waals surface area contributed by atoms with Crippen LogP contribution in [0.25, 0.3) is 0 Å². The van der Waals surface area contributed by atoms with Gasteiger partial charge in [-0.1, -0.05) is 38.8 Å². The van der Waals surface area contributed by atoms with Crippen molar-refractivity contribution in [3.8, 4) is 0 Å². The van der Waals surface area contributed by atoms with Gasteiger partial charge in [0.1, 0.15) is 0 Å². The molecule has 0 atom stereocenters. The summed E-state index contributed by atoms with van der Waals surface area (Å²) in [6.45, 7) is 8.87. The Bertz CT molecular complexity index is 204. The zero-order valence-corrected chi connectivity index (χ0v) is 10.4. The quantitative estimate of drug-likeness (QED) is 0.471. The Kier molecular flexibility index (Phi) is 4.22. The van der Waals surface area contributed by atoms with E-state index in [1.807, 2.05) is 25.0 Å². The van der Waals surface area contributed by atoms with Gasteiger partial charge in [0.05, 0.1) is 0 Å². The first kappa shape index (κ1) is 11.8. The number of rotatable bonds is 0. The summed E-state index contributed by atoms with van der Waals surface area (Å²) < 4.78 is 0. The number of allylic oxidation sites excluding steroid dienone is 2. The molecular formula is C14H26. The van der Waals surface area contributed by atoms with Crippen molar-refractivity contribution in [2.45, 2.75) is 72.6 Å². The Morgan fingerprint density at radius 3 is 2.07 bits per heavy atom. The highest BCUT2D eigenvalue weighted by molar-refractivity contribution is 5.25. The van der Waals surface area contributed by atoms with Crippen LogP contribution in [0, 0.1) is 5.41 Å². The minimum absolute atomic E-state index is 0.550. The third-order valence-corrected chi connectivity index (χ3v) is 3.68. The first-order chi connectivity index (χ1) is 6.70. The lowest BCUT2D eigenvalue weighted by Crippen LogP contribution is -2.22. The normalized spacial score (nSPS) is 24.9. The van der Waals surface area contributed by atoms with Gasteiger partial charge in [0.25, 0.3) is 0 Å². The van der Waals surface area contributed by atoms with Crippen LogP contribution in [-0.4, -0.2) is 0 Å². The SMILES string of the molecule is CC.CC1(C)CCCC2=C1CCCC2. The van der Waals surface area contributed by atoms with Gasteiger partial charge < -0.3 is 0 Å². The minimum atomic E-state index is 0.550. The van der Waals surface area contributed by atoms with Crippen molar-refractivity contribution < 1.29 is 0 Å². The van der Waals surface area contributed by atoms with Gasteiger partial charge in [0, 0.05) is 0 Å². The summed E-state index contributed by atoms with van der Waals surface area (Å²) in [6, 6.07) is 0. The molecule has 0 nitrogen and oxygen atoms in total. The molecule has 0 aromatic carbocycles. The largest absolute Gasteiger partial charge is 0.0705 e. The van der Waals surface area contributed by atoms with Crippen LogP contribution in [-0.2, 0) is 0 Å². The second-order valence-corrected chi connectivity index (χ2v) is 5.03. The maximum absolute atomic E-state index is 2.44. The van der Waals surface area contributed by atoms with E-state index >= 15 is 0 Å². The van der Waals surface area contributed by atoms with E-state index in [2.05, 4.69) is 13.8 Å². The maximum Gasteiger partial charge on any atom is -0.0142 e. The lowest BCUT2D eigenvalue weighted by molar-refractivity contribution is 0.336. The van der Waals surface area contributed by atoms with Crippen LogP contribution in [0.15, 0.2) is 11.1 Å². The van der Waals surface area contributed by atoms with Crippen molar-refractivity contribution in [1.29, 1.82) is 0 Å². The van der Waals surface area contributed by atoms with E-state index in [-0.39, 0.29) is 0 Å². The highest BCUT2D eigenvalue weighted by atomic mass is 14.4. The zero-order chi connectivity index (χ0) is 10.6. The van der Waals surface area contributed by atoms with E-state index < -0.39 is 0 Å². The highest BCUT2D eigenvalue weighted by Crippen LogP contribution is 2.46. The molecule has 0 bridgehead atoms. The lowest BCUT2D eigenvalue weighted by atomic mass is 9.68. The van der Waals surface area contributed by atoms with Crippen molar-refractivity contribution in [3.05, 3.63) is 11.1 Å². The summed E-state index contributed by atoms with van der Waals surface area (Å²) in [5.74, 6) is 0. The van der Waals surface area contributed by atoms with E-state index in [4.69, 9.17) is 0 Å². The van der Waals surface area contributed by atoms with Crippen molar-refractivity contribution in [3.63, 3.8) is 0 Å². The fourth-order valence-electron chi connectivity index (χ4n) is 2.96. The van der Waals surface area contributed by atoms with E-state index in [1.54, 1.807) is 0 Å². The van der Waals surface area contributed by atoms with Crippen LogP contribution in [0.1, 0.15) is 72.6 Å². The molecule has 2 aliphatic rings. The molecule has 0 fully saturated rings. The Balaban J connectivity index is 0.000000461. The fourth-order valence-corrected chi connectivity index (χ4v) is 2.96. The summed E-state index contributed by atoms with van der Waals surface area (Å²) in [4.78, 5) is 0. The van der Waals surface area contributed by atoms with Gasteiger partial charge in [-0.15, -0.1) is 0 Å². The fraction of sp³-hybridized carbons (Fsp3) is 0.857. The van der Waals surface area contributed by atoms with Gasteiger partial charge in [-0.25, -0.2) is 0 Å². The van der Waals surface area contributed by atoms with E-state index in [0.717, 1.165) is 0 Å². The molecule has 2 aliphatic carbocycles. The van der Waals surface area contributed by atoms with Gasteiger partial charge in [0.15, 0.2) is 0 Å². The Morgan fingerprint density at radius 2 is 1.43 bits per heavy atom. The van der Waals surface area contributed by atoms with Crippen LogP contribution in [0.3, 0.4) is 0 Å². The highest BCUT2D eigenvalue weighted by Gasteiger charge is 2.30. The predicted molar refractivity (Wildman–Crippen MR) is 64.5 cm³/mol. The first-order valence-corrected chi connectivity index (χ1v) is 6.41. The molecule has 0 saturated carbocycles. The molecular weight excluding hydrogens is 168 g/mol. The van der Waals surface area contributed by atoms with Gasteiger partial charge in [-0.05, 0) is 50.4 Å². The average Bonchev–Trinajstić information content (AvgIpc) is 2.21. The maximum atomic E-state index is 2.44. The van der Waals surface area contributed by atoms with Gasteiger partial charge in [-0.2, -0.15) is 0 Å². The van der Waals surface area contributed by atoms with E-state index in [1.165, 1.54) is 44.9 Å². The second-order valence-electron chi connectivity index (χ2n) is 5.03. The monoisotopic (exact) mass is 194 g/mol. The van der Waals surface area contributed by atoms with Crippen molar-refractivity contribution in [1.82, 2.24) is 0 Å². The second kappa shape index (κ2) is 5.00. The Morgan fingerprint density at radius 1 is 0.857 bits per heavy atom. The molecule has 0 heteroatoms. The zero-order valence-electron chi connectivity index (χ0n) is 10.4. The molecule has 2 rings (SSSR count). The molecule has 82 valence electrons. The van der Waals surface area contributed by atoms with E-state index in [9.17, 15) is 0 Å². The van der Waals surface area contributed by atoms with E-state index in [0.29, 0.717) is 5.41 Å². The summed E-state index contributed by atoms with van der Waals surface area (Å²) in [5, 5.41) is 0. The molecule has 14 heavy (non-hydrogen) atoms. The molecule has 0 heterocycles. The molecule has 0 radical (unpaired) electrons. The van der Waals surface area contributed by atoms with Crippen molar-refractivity contribution in [2.75, 3.05) is 0 Å². The van der Waals surface area contributed by atoms with Crippen molar-refractivity contribution >= 4 is 0 Å². The van der Waals surface area contributed by atoms with Crippen LogP contribution in [0.2, 0.25) is 0 Å². The topological polar surface area (TPSA) is 0 Å². The molecule has 0 aromatic heterocycles. The van der Waals surface area contributed by atoms with Gasteiger partial charge in [0.2, 0.25) is 0 Å². The first-order valence-electron chi connectivity index (χ1n) is 6.41. The molecule has 0 N–H and O–H groups in total. The Labute approximate surface area is 89.8 Å². The summed E-state index contributed by atoms with van der Waals surface area (Å²) in [7, 11) is 0. The van der Waals surface area contributed by atoms with Crippen molar-refractivity contribution in [2.24, 2.45) is 5.41 Å². The molecule has 0 saturated heterocycles. The minimum Gasteiger partial charge on any atom is -0.0705 e. The number of hydrogen-bond donors (Lipinski definition) is 0. The van der Waals surface area contributed by atoms with Crippen LogP contribution < -0.4 is 0 Å².